The number of aryl methyl sites for hydroxylation is 1. The van der Waals surface area contributed by atoms with E-state index in [1.807, 2.05) is 22.3 Å². The third kappa shape index (κ3) is 3.79. The molecule has 1 saturated heterocycles. The highest BCUT2D eigenvalue weighted by molar-refractivity contribution is 7.09. The van der Waals surface area contributed by atoms with Crippen LogP contribution >= 0.6 is 11.3 Å². The minimum Gasteiger partial charge on any atom is -0.346 e. The van der Waals surface area contributed by atoms with E-state index in [0.29, 0.717) is 6.04 Å². The molecule has 1 aliphatic heterocycles. The van der Waals surface area contributed by atoms with Gasteiger partial charge in [0, 0.05) is 23.5 Å². The van der Waals surface area contributed by atoms with Gasteiger partial charge in [0.15, 0.2) is 0 Å². The molecule has 0 radical (unpaired) electrons. The summed E-state index contributed by atoms with van der Waals surface area (Å²) < 4.78 is 2.43. The zero-order chi connectivity index (χ0) is 18.1. The number of hydrogen-bond donors (Lipinski definition) is 1. The highest BCUT2D eigenvalue weighted by Crippen LogP contribution is 2.38. The van der Waals surface area contributed by atoms with Gasteiger partial charge in [0.25, 0.3) is 0 Å². The van der Waals surface area contributed by atoms with Crippen molar-refractivity contribution in [2.45, 2.75) is 39.3 Å². The number of carbonyl (C=O) groups excluding carboxylic acids is 1. The number of nitrogens with one attached hydrogen (secondary N) is 1. The number of carbonyl (C=O) groups is 1. The zero-order valence-corrected chi connectivity index (χ0v) is 16.5. The number of nitrogens with zero attached hydrogens (tertiary/aromatic N) is 2. The summed E-state index contributed by atoms with van der Waals surface area (Å²) in [7, 11) is 0. The smallest absolute Gasteiger partial charge is 0.246 e. The first kappa shape index (κ1) is 17.6. The fourth-order valence-electron chi connectivity index (χ4n) is 4.01. The minimum atomic E-state index is 0.149. The van der Waals surface area contributed by atoms with Crippen molar-refractivity contribution < 1.29 is 9.69 Å². The third-order valence-corrected chi connectivity index (χ3v) is 6.50. The Labute approximate surface area is 159 Å². The molecular formula is C21H28N3OS+. The Kier molecular flexibility index (Phi) is 5.00. The Balaban J connectivity index is 1.33. The molecule has 2 fully saturated rings. The van der Waals surface area contributed by atoms with Gasteiger partial charge >= 0.3 is 0 Å². The lowest BCUT2D eigenvalue weighted by Gasteiger charge is -2.31. The van der Waals surface area contributed by atoms with Crippen molar-refractivity contribution >= 4 is 23.3 Å². The first-order valence-corrected chi connectivity index (χ1v) is 10.5. The van der Waals surface area contributed by atoms with Crippen LogP contribution in [-0.2, 0) is 11.3 Å². The van der Waals surface area contributed by atoms with Gasteiger partial charge in [-0.25, -0.2) is 0 Å². The molecule has 2 aliphatic rings. The molecule has 5 heteroatoms. The first-order chi connectivity index (χ1) is 12.6. The maximum absolute atomic E-state index is 12.6. The Morgan fingerprint density at radius 1 is 1.31 bits per heavy atom. The lowest BCUT2D eigenvalue weighted by molar-refractivity contribution is -0.917. The molecule has 0 atom stereocenters. The summed E-state index contributed by atoms with van der Waals surface area (Å²) in [6.07, 6.45) is 6.35. The van der Waals surface area contributed by atoms with Crippen molar-refractivity contribution in [3.05, 3.63) is 51.5 Å². The summed E-state index contributed by atoms with van der Waals surface area (Å²) in [5.74, 6) is 0.149. The summed E-state index contributed by atoms with van der Waals surface area (Å²) in [6, 6.07) is 7.22. The standard InChI is InChI=1S/C21H27N3OS/c1-16-14-18(17(2)24(16)19-6-7-19)5-8-21(25)23-11-9-22(10-12-23)15-20-4-3-13-26-20/h3-5,8,13-14,19H,6-7,9-12,15H2,1-2H3/p+1/b8-5+. The van der Waals surface area contributed by atoms with Gasteiger partial charge in [0.05, 0.1) is 31.1 Å². The largest absolute Gasteiger partial charge is 0.346 e. The van der Waals surface area contributed by atoms with E-state index in [2.05, 4.69) is 42.0 Å². The van der Waals surface area contributed by atoms with Crippen molar-refractivity contribution in [3.8, 4) is 0 Å². The highest BCUT2D eigenvalue weighted by Gasteiger charge is 2.27. The van der Waals surface area contributed by atoms with E-state index < -0.39 is 0 Å². The van der Waals surface area contributed by atoms with Gasteiger partial charge in [-0.1, -0.05) is 6.07 Å². The van der Waals surface area contributed by atoms with Gasteiger partial charge in [-0.3, -0.25) is 4.79 Å². The molecule has 4 rings (SSSR count). The predicted octanol–water partition coefficient (Wildman–Crippen LogP) is 2.44. The number of quaternary nitrogens is 1. The molecule has 2 aromatic heterocycles. The van der Waals surface area contributed by atoms with Gasteiger partial charge < -0.3 is 14.4 Å². The number of thiophene rings is 1. The van der Waals surface area contributed by atoms with Crippen LogP contribution < -0.4 is 4.90 Å². The second-order valence-electron chi connectivity index (χ2n) is 7.59. The van der Waals surface area contributed by atoms with E-state index in [-0.39, 0.29) is 5.91 Å². The van der Waals surface area contributed by atoms with E-state index in [1.165, 1.54) is 34.7 Å². The van der Waals surface area contributed by atoms with Crippen LogP contribution in [0.3, 0.4) is 0 Å². The maximum Gasteiger partial charge on any atom is 0.246 e. The van der Waals surface area contributed by atoms with E-state index in [9.17, 15) is 4.79 Å². The Bertz CT molecular complexity index is 794. The molecule has 2 aromatic rings. The lowest BCUT2D eigenvalue weighted by atomic mass is 10.2. The zero-order valence-electron chi connectivity index (χ0n) is 15.7. The number of aromatic nitrogens is 1. The molecular weight excluding hydrogens is 342 g/mol. The average molecular weight is 371 g/mol. The van der Waals surface area contributed by atoms with Crippen molar-refractivity contribution in [2.24, 2.45) is 0 Å². The second kappa shape index (κ2) is 7.41. The predicted molar refractivity (Wildman–Crippen MR) is 107 cm³/mol. The van der Waals surface area contributed by atoms with Crippen molar-refractivity contribution in [1.29, 1.82) is 0 Å². The molecule has 26 heavy (non-hydrogen) atoms. The van der Waals surface area contributed by atoms with E-state index >= 15 is 0 Å². The molecule has 1 aliphatic carbocycles. The fourth-order valence-corrected chi connectivity index (χ4v) is 4.79. The topological polar surface area (TPSA) is 29.7 Å². The second-order valence-corrected chi connectivity index (χ2v) is 8.62. The Morgan fingerprint density at radius 2 is 2.08 bits per heavy atom. The summed E-state index contributed by atoms with van der Waals surface area (Å²) in [4.78, 5) is 17.6. The molecule has 4 nitrogen and oxygen atoms in total. The molecule has 1 saturated carbocycles. The van der Waals surface area contributed by atoms with Crippen LogP contribution in [0.1, 0.15) is 40.7 Å². The van der Waals surface area contributed by atoms with Gasteiger partial charge in [-0.05, 0) is 55.8 Å². The molecule has 1 amide bonds. The van der Waals surface area contributed by atoms with Crippen LogP contribution in [0.25, 0.3) is 6.08 Å². The monoisotopic (exact) mass is 370 g/mol. The van der Waals surface area contributed by atoms with E-state index in [1.54, 1.807) is 11.0 Å². The van der Waals surface area contributed by atoms with Gasteiger partial charge in [0.2, 0.25) is 5.91 Å². The number of hydrogen-bond acceptors (Lipinski definition) is 2. The minimum absolute atomic E-state index is 0.149. The highest BCUT2D eigenvalue weighted by atomic mass is 32.1. The summed E-state index contributed by atoms with van der Waals surface area (Å²) in [5.41, 5.74) is 3.78. The Hall–Kier alpha value is -1.85. The average Bonchev–Trinajstić information content (AvgIpc) is 3.25. The number of amides is 1. The quantitative estimate of drug-likeness (QED) is 0.805. The third-order valence-electron chi connectivity index (χ3n) is 5.63. The normalized spacial score (nSPS) is 18.8. The van der Waals surface area contributed by atoms with Crippen molar-refractivity contribution in [3.63, 3.8) is 0 Å². The van der Waals surface area contributed by atoms with Gasteiger partial charge in [0.1, 0.15) is 6.54 Å². The van der Waals surface area contributed by atoms with E-state index in [4.69, 9.17) is 0 Å². The van der Waals surface area contributed by atoms with Gasteiger partial charge in [-0.2, -0.15) is 0 Å². The molecule has 0 aromatic carbocycles. The van der Waals surface area contributed by atoms with Crippen LogP contribution in [-0.4, -0.2) is 41.6 Å². The maximum atomic E-state index is 12.6. The van der Waals surface area contributed by atoms with Crippen molar-refractivity contribution in [1.82, 2.24) is 9.47 Å². The Morgan fingerprint density at radius 3 is 2.73 bits per heavy atom. The van der Waals surface area contributed by atoms with Crippen molar-refractivity contribution in [2.75, 3.05) is 26.2 Å². The molecule has 1 N–H and O–H groups in total. The summed E-state index contributed by atoms with van der Waals surface area (Å²) in [5, 5.41) is 2.14. The first-order valence-electron chi connectivity index (χ1n) is 9.63. The molecule has 3 heterocycles. The van der Waals surface area contributed by atoms with E-state index in [0.717, 1.165) is 32.7 Å². The number of piperazine rings is 1. The summed E-state index contributed by atoms with van der Waals surface area (Å²) in [6.45, 7) is 9.20. The fraction of sp³-hybridized carbons (Fsp3) is 0.476. The lowest BCUT2D eigenvalue weighted by Crippen LogP contribution is -3.13. The molecule has 138 valence electrons. The van der Waals surface area contributed by atoms with Crippen LogP contribution in [0.15, 0.2) is 29.7 Å². The van der Waals surface area contributed by atoms with Crippen LogP contribution in [0.2, 0.25) is 0 Å². The van der Waals surface area contributed by atoms with Crippen LogP contribution in [0.4, 0.5) is 0 Å². The van der Waals surface area contributed by atoms with Gasteiger partial charge in [-0.15, -0.1) is 11.3 Å². The summed E-state index contributed by atoms with van der Waals surface area (Å²) >= 11 is 1.83. The number of rotatable bonds is 5. The van der Waals surface area contributed by atoms with Crippen LogP contribution in [0, 0.1) is 13.8 Å². The molecule has 0 spiro atoms. The molecule has 0 bridgehead atoms. The SMILES string of the molecule is Cc1cc(/C=C/C(=O)N2CC[NH+](Cc3cccs3)CC2)c(C)n1C1CC1. The van der Waals surface area contributed by atoms with Crippen LogP contribution in [0.5, 0.6) is 0 Å². The molecule has 0 unspecified atom stereocenters.